The molecule has 0 unspecified atom stereocenters. The van der Waals surface area contributed by atoms with Gasteiger partial charge in [-0.3, -0.25) is 0 Å². The van der Waals surface area contributed by atoms with E-state index in [1.807, 2.05) is 6.92 Å². The molecule has 10 heavy (non-hydrogen) atoms. The second-order valence-corrected chi connectivity index (χ2v) is 1.81. The summed E-state index contributed by atoms with van der Waals surface area (Å²) in [5, 5.41) is 0. The van der Waals surface area contributed by atoms with Crippen LogP contribution in [0.25, 0.3) is 0 Å². The second-order valence-electron chi connectivity index (χ2n) is 1.81. The van der Waals surface area contributed by atoms with E-state index in [9.17, 15) is 0 Å². The molecule has 0 amide bonds. The average Bonchev–Trinajstić information content (AvgIpc) is 2.48. The Bertz CT molecular complexity index is 74.0. The molecule has 1 aliphatic carbocycles. The van der Waals surface area contributed by atoms with Crippen LogP contribution in [0, 0.1) is 0 Å². The van der Waals surface area contributed by atoms with Gasteiger partial charge in [0, 0.05) is 0 Å². The molecular weight excluding hydrogens is 120 g/mol. The molecule has 0 bridgehead atoms. The predicted octanol–water partition coefficient (Wildman–Crippen LogP) is 3.72. The molecule has 0 spiro atoms. The second kappa shape index (κ2) is 15.7. The van der Waals surface area contributed by atoms with E-state index in [0.717, 1.165) is 0 Å². The van der Waals surface area contributed by atoms with Gasteiger partial charge in [-0.1, -0.05) is 18.2 Å². The third kappa shape index (κ3) is 15.7. The number of rotatable bonds is 0. The number of hydrogen-bond acceptors (Lipinski definition) is 0. The highest BCUT2D eigenvalue weighted by Gasteiger charge is 1.84. The topological polar surface area (TPSA) is 0 Å². The number of hydrogen-bond donors (Lipinski definition) is 0. The summed E-state index contributed by atoms with van der Waals surface area (Å²) in [6.45, 7) is 11.2. The zero-order valence-corrected chi connectivity index (χ0v) is 6.97. The Balaban J connectivity index is 0. The summed E-state index contributed by atoms with van der Waals surface area (Å²) in [7, 11) is 0. The minimum absolute atomic E-state index is 1.32. The van der Waals surface area contributed by atoms with Crippen LogP contribution in [-0.4, -0.2) is 0 Å². The van der Waals surface area contributed by atoms with Gasteiger partial charge in [0.2, 0.25) is 0 Å². The Labute approximate surface area is 65.0 Å². The molecule has 0 heterocycles. The lowest BCUT2D eigenvalue weighted by Gasteiger charge is -1.69. The molecule has 58 valence electrons. The van der Waals surface area contributed by atoms with Crippen molar-refractivity contribution in [3.63, 3.8) is 0 Å². The molecule has 0 radical (unpaired) electrons. The molecule has 0 aromatic rings. The van der Waals surface area contributed by atoms with E-state index in [1.165, 1.54) is 19.3 Å². The predicted molar refractivity (Wildman–Crippen MR) is 50.1 cm³/mol. The first-order valence-corrected chi connectivity index (χ1v) is 3.64. The Hall–Kier alpha value is -0.780. The van der Waals surface area contributed by atoms with Crippen LogP contribution >= 0.6 is 0 Å². The van der Waals surface area contributed by atoms with E-state index < -0.39 is 0 Å². The van der Waals surface area contributed by atoms with Crippen molar-refractivity contribution in [2.45, 2.75) is 26.2 Å². The van der Waals surface area contributed by atoms with E-state index in [2.05, 4.69) is 31.9 Å². The monoisotopic (exact) mass is 138 g/mol. The Kier molecular flexibility index (Phi) is 18.8. The molecule has 0 aromatic heterocycles. The normalized spacial score (nSPS) is 12.1. The molecule has 1 aliphatic rings. The summed E-state index contributed by atoms with van der Waals surface area (Å²) in [5.41, 5.74) is 0. The van der Waals surface area contributed by atoms with E-state index >= 15 is 0 Å². The Morgan fingerprint density at radius 3 is 1.60 bits per heavy atom. The van der Waals surface area contributed by atoms with Crippen molar-refractivity contribution in [1.29, 1.82) is 0 Å². The highest BCUT2D eigenvalue weighted by Crippen LogP contribution is 2.05. The largest absolute Gasteiger partial charge is 0.106 e. The maximum atomic E-state index is 3.36. The standard InChI is InChI=1S/C5H8.C3H6.C2H4/c1-2-4-5-3-1;1-3-2;1-2/h1-2H,3-5H2;3H,1H2,2H3;1-2H2. The number of allylic oxidation sites excluding steroid dienone is 3. The van der Waals surface area contributed by atoms with Gasteiger partial charge in [-0.2, -0.15) is 0 Å². The van der Waals surface area contributed by atoms with E-state index in [1.54, 1.807) is 6.08 Å². The summed E-state index contributed by atoms with van der Waals surface area (Å²) in [6, 6.07) is 0. The minimum Gasteiger partial charge on any atom is -0.106 e. The summed E-state index contributed by atoms with van der Waals surface area (Å²) in [6.07, 6.45) is 10.2. The maximum absolute atomic E-state index is 3.36. The van der Waals surface area contributed by atoms with Crippen molar-refractivity contribution in [2.24, 2.45) is 0 Å². The molecule has 0 nitrogen and oxygen atoms in total. The molecule has 0 atom stereocenters. The van der Waals surface area contributed by atoms with E-state index in [4.69, 9.17) is 0 Å². The fraction of sp³-hybridized carbons (Fsp3) is 0.400. The van der Waals surface area contributed by atoms with Gasteiger partial charge >= 0.3 is 0 Å². The fourth-order valence-electron chi connectivity index (χ4n) is 0.589. The highest BCUT2D eigenvalue weighted by molar-refractivity contribution is 4.88. The van der Waals surface area contributed by atoms with Gasteiger partial charge < -0.3 is 0 Å². The Morgan fingerprint density at radius 1 is 1.20 bits per heavy atom. The lowest BCUT2D eigenvalue weighted by molar-refractivity contribution is 0.929. The molecule has 0 aromatic carbocycles. The van der Waals surface area contributed by atoms with Gasteiger partial charge in [0.1, 0.15) is 0 Å². The fourth-order valence-corrected chi connectivity index (χ4v) is 0.589. The summed E-state index contributed by atoms with van der Waals surface area (Å²) >= 11 is 0. The lowest BCUT2D eigenvalue weighted by atomic mass is 10.4. The summed E-state index contributed by atoms with van der Waals surface area (Å²) in [4.78, 5) is 0. The summed E-state index contributed by atoms with van der Waals surface area (Å²) < 4.78 is 0. The molecule has 0 saturated carbocycles. The zero-order chi connectivity index (χ0) is 8.24. The smallest absolute Gasteiger partial charge is 0.0348 e. The summed E-state index contributed by atoms with van der Waals surface area (Å²) in [5.74, 6) is 0. The van der Waals surface area contributed by atoms with Crippen LogP contribution in [0.2, 0.25) is 0 Å². The van der Waals surface area contributed by atoms with Crippen molar-refractivity contribution in [3.05, 3.63) is 38.0 Å². The molecule has 0 heteroatoms. The zero-order valence-electron chi connectivity index (χ0n) is 6.97. The SMILES string of the molecule is C1=CCCC1.C=C.C=CC. The first-order valence-electron chi connectivity index (χ1n) is 3.64. The van der Waals surface area contributed by atoms with Gasteiger partial charge in [-0.05, 0) is 26.2 Å². The van der Waals surface area contributed by atoms with E-state index in [-0.39, 0.29) is 0 Å². The van der Waals surface area contributed by atoms with Gasteiger partial charge in [-0.25, -0.2) is 0 Å². The molecule has 0 saturated heterocycles. The average molecular weight is 138 g/mol. The van der Waals surface area contributed by atoms with Gasteiger partial charge in [0.05, 0.1) is 0 Å². The van der Waals surface area contributed by atoms with Crippen molar-refractivity contribution in [3.8, 4) is 0 Å². The van der Waals surface area contributed by atoms with Crippen molar-refractivity contribution < 1.29 is 0 Å². The maximum Gasteiger partial charge on any atom is -0.0348 e. The highest BCUT2D eigenvalue weighted by atomic mass is 13.9. The molecule has 0 fully saturated rings. The van der Waals surface area contributed by atoms with Crippen LogP contribution in [0.15, 0.2) is 38.0 Å². The Morgan fingerprint density at radius 2 is 1.50 bits per heavy atom. The van der Waals surface area contributed by atoms with Gasteiger partial charge in [-0.15, -0.1) is 19.7 Å². The quantitative estimate of drug-likeness (QED) is 0.447. The van der Waals surface area contributed by atoms with Crippen LogP contribution in [0.1, 0.15) is 26.2 Å². The van der Waals surface area contributed by atoms with Crippen LogP contribution in [0.3, 0.4) is 0 Å². The van der Waals surface area contributed by atoms with Crippen LogP contribution < -0.4 is 0 Å². The van der Waals surface area contributed by atoms with Gasteiger partial charge in [0.15, 0.2) is 0 Å². The molecule has 0 N–H and O–H groups in total. The lowest BCUT2D eigenvalue weighted by Crippen LogP contribution is -1.50. The van der Waals surface area contributed by atoms with Crippen molar-refractivity contribution in [2.75, 3.05) is 0 Å². The molecular formula is C10H18. The first-order chi connectivity index (χ1) is 4.91. The van der Waals surface area contributed by atoms with Crippen LogP contribution in [0.4, 0.5) is 0 Å². The van der Waals surface area contributed by atoms with Crippen LogP contribution in [-0.2, 0) is 0 Å². The molecule has 0 aliphatic heterocycles. The van der Waals surface area contributed by atoms with Crippen molar-refractivity contribution in [1.82, 2.24) is 0 Å². The van der Waals surface area contributed by atoms with Crippen LogP contribution in [0.5, 0.6) is 0 Å². The minimum atomic E-state index is 1.32. The van der Waals surface area contributed by atoms with E-state index in [0.29, 0.717) is 0 Å². The van der Waals surface area contributed by atoms with Gasteiger partial charge in [0.25, 0.3) is 0 Å². The molecule has 1 rings (SSSR count). The first kappa shape index (κ1) is 12.0. The third-order valence-electron chi connectivity index (χ3n) is 0.908. The van der Waals surface area contributed by atoms with Crippen molar-refractivity contribution >= 4 is 0 Å². The third-order valence-corrected chi connectivity index (χ3v) is 0.908.